The highest BCUT2D eigenvalue weighted by Gasteiger charge is 2.41. The third-order valence-electron chi connectivity index (χ3n) is 11.4. The second-order valence-corrected chi connectivity index (χ2v) is 16.4. The van der Waals surface area contributed by atoms with E-state index in [0.717, 1.165) is 12.8 Å². The maximum absolute atomic E-state index is 13.5. The summed E-state index contributed by atoms with van der Waals surface area (Å²) in [5, 5.41) is 48.3. The number of phenolic OH excluding ortho intramolecular Hbond substituents is 2. The van der Waals surface area contributed by atoms with Gasteiger partial charge in [-0.2, -0.15) is 5.26 Å². The Morgan fingerprint density at radius 2 is 1.47 bits per heavy atom. The van der Waals surface area contributed by atoms with Gasteiger partial charge in [-0.1, -0.05) is 39.3 Å². The molecule has 0 saturated heterocycles. The minimum absolute atomic E-state index is 0.000967. The highest BCUT2D eigenvalue weighted by atomic mass is 16.5. The summed E-state index contributed by atoms with van der Waals surface area (Å²) in [6.45, 7) is 7.25. The van der Waals surface area contributed by atoms with E-state index in [-0.39, 0.29) is 89.8 Å². The van der Waals surface area contributed by atoms with Crippen LogP contribution in [-0.4, -0.2) is 109 Å². The lowest BCUT2D eigenvalue weighted by atomic mass is 9.75. The lowest BCUT2D eigenvalue weighted by molar-refractivity contribution is -0.127. The number of aromatic hydroxyl groups is 2. The second kappa shape index (κ2) is 22.0. The van der Waals surface area contributed by atoms with Crippen molar-refractivity contribution in [2.45, 2.75) is 77.6 Å². The van der Waals surface area contributed by atoms with Crippen molar-refractivity contribution in [1.29, 1.82) is 5.26 Å². The van der Waals surface area contributed by atoms with Gasteiger partial charge in [-0.15, -0.1) is 0 Å². The van der Waals surface area contributed by atoms with Gasteiger partial charge in [-0.25, -0.2) is 4.98 Å². The molecule has 2 aromatic carbocycles. The van der Waals surface area contributed by atoms with Crippen LogP contribution in [0.4, 0.5) is 0 Å². The van der Waals surface area contributed by atoms with Gasteiger partial charge < -0.3 is 46.9 Å². The number of methoxy groups -OCH3 is 1. The van der Waals surface area contributed by atoms with Crippen LogP contribution in [0, 0.1) is 17.2 Å². The number of aromatic nitrogens is 1. The fraction of sp³-hybridized carbons (Fsp3) is 0.457. The number of benzene rings is 2. The van der Waals surface area contributed by atoms with Gasteiger partial charge in [0.1, 0.15) is 29.0 Å². The van der Waals surface area contributed by atoms with Crippen LogP contribution in [0.5, 0.6) is 17.2 Å². The van der Waals surface area contributed by atoms with E-state index >= 15 is 0 Å². The van der Waals surface area contributed by atoms with Crippen LogP contribution in [0.3, 0.4) is 0 Å². The Hall–Kier alpha value is -6.87. The molecule has 1 unspecified atom stereocenters. The standard InChI is InChI=1S/C46H56N8O10/c1-5-16-46(2,3)43-27(23-47)12-14-31(54-43)45(63)51-21-15-33(55)52-25-35(57)53-24-34(56)49-19-7-17-48-18-8-20-50-44(62)26-11-13-28-30(22-26)41(60)37-38(39(28)58)42(61)36-29(40(37)59)9-6-10-32(36)64-4/h6,9-10,12,14,26,48,58,60H,5,7-8,11,13,15-22,24-25H2,1-4H3,(H,49,56)(H,50,62)(H,51,63)(H,52,55)(H,53,57). The summed E-state index contributed by atoms with van der Waals surface area (Å²) in [5.41, 5.74) is 0.908. The number of carbonyl (C=O) groups is 7. The number of ether oxygens (including phenoxy) is 1. The number of hydrogen-bond donors (Lipinski definition) is 8. The summed E-state index contributed by atoms with van der Waals surface area (Å²) >= 11 is 0. The molecule has 0 fully saturated rings. The summed E-state index contributed by atoms with van der Waals surface area (Å²) in [4.78, 5) is 93.8. The molecule has 18 nitrogen and oxygen atoms in total. The predicted molar refractivity (Wildman–Crippen MR) is 233 cm³/mol. The first-order valence-corrected chi connectivity index (χ1v) is 21.5. The van der Waals surface area contributed by atoms with Gasteiger partial charge in [0.05, 0.1) is 48.1 Å². The Labute approximate surface area is 371 Å². The summed E-state index contributed by atoms with van der Waals surface area (Å²) < 4.78 is 5.29. The van der Waals surface area contributed by atoms with Crippen molar-refractivity contribution < 1.29 is 48.5 Å². The molecule has 1 atom stereocenters. The average Bonchev–Trinajstić information content (AvgIpc) is 3.29. The van der Waals surface area contributed by atoms with Gasteiger partial charge in [0, 0.05) is 54.1 Å². The number of pyridine rings is 1. The first-order valence-electron chi connectivity index (χ1n) is 21.5. The maximum Gasteiger partial charge on any atom is 0.269 e. The number of phenols is 2. The molecule has 5 amide bonds. The third kappa shape index (κ3) is 11.4. The highest BCUT2D eigenvalue weighted by Crippen LogP contribution is 2.47. The zero-order chi connectivity index (χ0) is 46.6. The Bertz CT molecular complexity index is 2350. The minimum Gasteiger partial charge on any atom is -0.507 e. The van der Waals surface area contributed by atoms with Crippen molar-refractivity contribution >= 4 is 41.1 Å². The van der Waals surface area contributed by atoms with E-state index in [4.69, 9.17) is 4.74 Å². The number of nitrogens with one attached hydrogen (secondary N) is 6. The van der Waals surface area contributed by atoms with Gasteiger partial charge in [0.15, 0.2) is 5.78 Å². The van der Waals surface area contributed by atoms with Crippen molar-refractivity contribution in [3.8, 4) is 23.3 Å². The lowest BCUT2D eigenvalue weighted by Gasteiger charge is -2.29. The highest BCUT2D eigenvalue weighted by molar-refractivity contribution is 6.31. The lowest BCUT2D eigenvalue weighted by Crippen LogP contribution is -2.42. The Balaban J connectivity index is 0.911. The van der Waals surface area contributed by atoms with Crippen molar-refractivity contribution in [3.05, 3.63) is 80.7 Å². The molecule has 0 radical (unpaired) electrons. The molecule has 340 valence electrons. The van der Waals surface area contributed by atoms with E-state index in [2.05, 4.69) is 43.0 Å². The summed E-state index contributed by atoms with van der Waals surface area (Å²) in [7, 11) is 1.38. The predicted octanol–water partition coefficient (Wildman–Crippen LogP) is 1.99. The molecule has 64 heavy (non-hydrogen) atoms. The molecular formula is C46H56N8O10. The Morgan fingerprint density at radius 1 is 0.812 bits per heavy atom. The fourth-order valence-electron chi connectivity index (χ4n) is 8.05. The average molecular weight is 881 g/mol. The van der Waals surface area contributed by atoms with Gasteiger partial charge in [-0.05, 0) is 69.8 Å². The number of carbonyl (C=O) groups excluding carboxylic acids is 7. The normalized spacial score (nSPS) is 14.0. The molecule has 8 N–H and O–H groups in total. The van der Waals surface area contributed by atoms with Crippen molar-refractivity contribution in [2.24, 2.45) is 5.92 Å². The molecule has 1 heterocycles. The van der Waals surface area contributed by atoms with Crippen LogP contribution < -0.4 is 36.6 Å². The summed E-state index contributed by atoms with van der Waals surface area (Å²) in [6.07, 6.45) is 3.49. The first-order chi connectivity index (χ1) is 30.6. The number of ketones is 2. The third-order valence-corrected chi connectivity index (χ3v) is 11.4. The van der Waals surface area contributed by atoms with Crippen molar-refractivity contribution in [2.75, 3.05) is 52.9 Å². The van der Waals surface area contributed by atoms with E-state index in [1.807, 2.05) is 20.8 Å². The van der Waals surface area contributed by atoms with E-state index in [1.54, 1.807) is 18.2 Å². The van der Waals surface area contributed by atoms with Crippen LogP contribution in [0.2, 0.25) is 0 Å². The van der Waals surface area contributed by atoms with Crippen LogP contribution in [-0.2, 0) is 37.4 Å². The molecule has 0 spiro atoms. The number of fused-ring (bicyclic) bond motifs is 3. The number of nitriles is 1. The van der Waals surface area contributed by atoms with E-state index in [0.29, 0.717) is 62.3 Å². The maximum atomic E-state index is 13.5. The number of hydrogen-bond acceptors (Lipinski definition) is 13. The van der Waals surface area contributed by atoms with Crippen molar-refractivity contribution in [1.82, 2.24) is 36.9 Å². The number of nitrogens with zero attached hydrogens (tertiary/aromatic N) is 2. The Kier molecular flexibility index (Phi) is 16.5. The zero-order valence-electron chi connectivity index (χ0n) is 36.6. The second-order valence-electron chi connectivity index (χ2n) is 16.4. The monoisotopic (exact) mass is 880 g/mol. The number of amides is 5. The van der Waals surface area contributed by atoms with Gasteiger partial charge in [0.25, 0.3) is 5.91 Å². The summed E-state index contributed by atoms with van der Waals surface area (Å²) in [5.74, 6) is -4.43. The van der Waals surface area contributed by atoms with Crippen LogP contribution in [0.15, 0.2) is 30.3 Å². The molecule has 0 bridgehead atoms. The molecule has 2 aliphatic carbocycles. The minimum atomic E-state index is -0.613. The van der Waals surface area contributed by atoms with E-state index < -0.39 is 52.3 Å². The van der Waals surface area contributed by atoms with E-state index in [1.165, 1.54) is 19.2 Å². The topological polar surface area (TPSA) is 278 Å². The van der Waals surface area contributed by atoms with Gasteiger partial charge in [-0.3, -0.25) is 33.6 Å². The molecule has 0 aliphatic heterocycles. The molecule has 1 aromatic heterocycles. The molecular weight excluding hydrogens is 825 g/mol. The molecule has 18 heteroatoms. The SMILES string of the molecule is CCCC(C)(C)c1nc(C(=O)NCCC(=O)NCC(=O)NCC(=O)NCCCNCCCNC(=O)C2CCc3c(O)c4c(c(O)c3C2)C(=O)c2cccc(OC)c2C4=O)ccc1C#N. The van der Waals surface area contributed by atoms with Crippen LogP contribution in [0.25, 0.3) is 0 Å². The van der Waals surface area contributed by atoms with E-state index in [9.17, 15) is 49.0 Å². The summed E-state index contributed by atoms with van der Waals surface area (Å²) in [6, 6.07) is 9.75. The van der Waals surface area contributed by atoms with Crippen molar-refractivity contribution in [3.63, 3.8) is 0 Å². The zero-order valence-corrected chi connectivity index (χ0v) is 36.6. The quantitative estimate of drug-likeness (QED) is 0.0440. The largest absolute Gasteiger partial charge is 0.507 e. The van der Waals surface area contributed by atoms with Gasteiger partial charge in [0.2, 0.25) is 29.4 Å². The molecule has 3 aromatic rings. The smallest absolute Gasteiger partial charge is 0.269 e. The molecule has 5 rings (SSSR count). The van der Waals surface area contributed by atoms with Crippen LogP contribution >= 0.6 is 0 Å². The molecule has 0 saturated carbocycles. The first kappa shape index (κ1) is 48.2. The van der Waals surface area contributed by atoms with Crippen LogP contribution in [0.1, 0.15) is 124 Å². The Morgan fingerprint density at radius 3 is 2.16 bits per heavy atom. The fourth-order valence-corrected chi connectivity index (χ4v) is 8.05. The van der Waals surface area contributed by atoms with Gasteiger partial charge >= 0.3 is 0 Å². The number of rotatable bonds is 21. The molecule has 2 aliphatic rings.